The molecule has 2 saturated heterocycles. The van der Waals surface area contributed by atoms with Gasteiger partial charge >= 0.3 is 0 Å². The average Bonchev–Trinajstić information content (AvgIpc) is 3.14. The standard InChI is InChI=1S/C16H28N4O/c1-3-13(2)20-8-6-14(18-20)9-17-10-16-11-19-7-4-5-15(19)12-21-16/h6,8,13,15-17H,3-5,7,9-12H2,1-2H3. The summed E-state index contributed by atoms with van der Waals surface area (Å²) in [6.07, 6.45) is 6.17. The first kappa shape index (κ1) is 15.0. The lowest BCUT2D eigenvalue weighted by molar-refractivity contribution is -0.0470. The van der Waals surface area contributed by atoms with Crippen molar-refractivity contribution in [1.82, 2.24) is 20.0 Å². The van der Waals surface area contributed by atoms with Crippen molar-refractivity contribution in [3.63, 3.8) is 0 Å². The van der Waals surface area contributed by atoms with Crippen LogP contribution in [0.3, 0.4) is 0 Å². The first-order chi connectivity index (χ1) is 10.3. The smallest absolute Gasteiger partial charge is 0.0827 e. The summed E-state index contributed by atoms with van der Waals surface area (Å²) in [5.41, 5.74) is 1.12. The predicted octanol–water partition coefficient (Wildman–Crippen LogP) is 1.81. The van der Waals surface area contributed by atoms with Crippen LogP contribution in [0.25, 0.3) is 0 Å². The van der Waals surface area contributed by atoms with E-state index in [9.17, 15) is 0 Å². The van der Waals surface area contributed by atoms with Gasteiger partial charge in [-0.3, -0.25) is 9.58 Å². The maximum Gasteiger partial charge on any atom is 0.0827 e. The van der Waals surface area contributed by atoms with Gasteiger partial charge in [-0.2, -0.15) is 5.10 Å². The zero-order valence-electron chi connectivity index (χ0n) is 13.3. The van der Waals surface area contributed by atoms with Crippen molar-refractivity contribution in [2.75, 3.05) is 26.2 Å². The molecule has 21 heavy (non-hydrogen) atoms. The Morgan fingerprint density at radius 1 is 1.52 bits per heavy atom. The van der Waals surface area contributed by atoms with Gasteiger partial charge in [-0.25, -0.2) is 0 Å². The molecule has 5 heteroatoms. The molecule has 2 aliphatic heterocycles. The second-order valence-corrected chi connectivity index (χ2v) is 6.42. The molecule has 118 valence electrons. The van der Waals surface area contributed by atoms with Crippen LogP contribution in [-0.4, -0.2) is 53.1 Å². The summed E-state index contributed by atoms with van der Waals surface area (Å²) in [4.78, 5) is 2.59. The number of aromatic nitrogens is 2. The molecule has 0 spiro atoms. The van der Waals surface area contributed by atoms with Crippen molar-refractivity contribution in [3.05, 3.63) is 18.0 Å². The van der Waals surface area contributed by atoms with E-state index in [0.717, 1.165) is 38.4 Å². The highest BCUT2D eigenvalue weighted by atomic mass is 16.5. The summed E-state index contributed by atoms with van der Waals surface area (Å²) < 4.78 is 8.02. The quantitative estimate of drug-likeness (QED) is 0.868. The average molecular weight is 292 g/mol. The van der Waals surface area contributed by atoms with Crippen molar-refractivity contribution in [1.29, 1.82) is 0 Å². The largest absolute Gasteiger partial charge is 0.374 e. The molecule has 0 aromatic carbocycles. The van der Waals surface area contributed by atoms with E-state index in [4.69, 9.17) is 4.74 Å². The van der Waals surface area contributed by atoms with Gasteiger partial charge in [0.1, 0.15) is 0 Å². The monoisotopic (exact) mass is 292 g/mol. The molecule has 0 saturated carbocycles. The predicted molar refractivity (Wildman–Crippen MR) is 83.3 cm³/mol. The maximum absolute atomic E-state index is 5.96. The maximum atomic E-state index is 5.96. The molecule has 3 atom stereocenters. The fraction of sp³-hybridized carbons (Fsp3) is 0.812. The van der Waals surface area contributed by atoms with Crippen molar-refractivity contribution in [2.45, 2.75) is 57.8 Å². The molecule has 5 nitrogen and oxygen atoms in total. The minimum absolute atomic E-state index is 0.330. The normalized spacial score (nSPS) is 27.7. The van der Waals surface area contributed by atoms with E-state index in [2.05, 4.69) is 46.1 Å². The Balaban J connectivity index is 1.40. The Morgan fingerprint density at radius 3 is 3.29 bits per heavy atom. The van der Waals surface area contributed by atoms with Crippen LogP contribution in [0, 0.1) is 0 Å². The molecule has 1 aromatic rings. The molecule has 1 aromatic heterocycles. The van der Waals surface area contributed by atoms with Crippen LogP contribution in [0.5, 0.6) is 0 Å². The van der Waals surface area contributed by atoms with Gasteiger partial charge in [-0.05, 0) is 38.8 Å². The summed E-state index contributed by atoms with van der Waals surface area (Å²) in [6, 6.07) is 3.28. The second kappa shape index (κ2) is 6.90. The van der Waals surface area contributed by atoms with Crippen LogP contribution in [0.1, 0.15) is 44.8 Å². The highest BCUT2D eigenvalue weighted by Crippen LogP contribution is 2.22. The van der Waals surface area contributed by atoms with Crippen LogP contribution >= 0.6 is 0 Å². The van der Waals surface area contributed by atoms with Crippen molar-refractivity contribution < 1.29 is 4.74 Å². The summed E-state index contributed by atoms with van der Waals surface area (Å²) in [5, 5.41) is 8.11. The second-order valence-electron chi connectivity index (χ2n) is 6.42. The van der Waals surface area contributed by atoms with Crippen LogP contribution in [0.4, 0.5) is 0 Å². The number of morpholine rings is 1. The summed E-state index contributed by atoms with van der Waals surface area (Å²) in [5.74, 6) is 0. The van der Waals surface area contributed by atoms with Crippen LogP contribution < -0.4 is 5.32 Å². The van der Waals surface area contributed by atoms with Gasteiger partial charge < -0.3 is 10.1 Å². The van der Waals surface area contributed by atoms with E-state index in [1.165, 1.54) is 19.4 Å². The highest BCUT2D eigenvalue weighted by molar-refractivity contribution is 4.99. The van der Waals surface area contributed by atoms with Crippen molar-refractivity contribution in [2.24, 2.45) is 0 Å². The van der Waals surface area contributed by atoms with Crippen LogP contribution in [-0.2, 0) is 11.3 Å². The third-order valence-corrected chi connectivity index (χ3v) is 4.85. The zero-order chi connectivity index (χ0) is 14.7. The molecule has 0 amide bonds. The van der Waals surface area contributed by atoms with Crippen molar-refractivity contribution >= 4 is 0 Å². The minimum Gasteiger partial charge on any atom is -0.374 e. The summed E-state index contributed by atoms with van der Waals surface area (Å²) >= 11 is 0. The van der Waals surface area contributed by atoms with Gasteiger partial charge in [0.2, 0.25) is 0 Å². The van der Waals surface area contributed by atoms with Gasteiger partial charge in [0.05, 0.1) is 18.4 Å². The van der Waals surface area contributed by atoms with Crippen LogP contribution in [0.2, 0.25) is 0 Å². The van der Waals surface area contributed by atoms with Gasteiger partial charge in [0.15, 0.2) is 0 Å². The number of hydrogen-bond donors (Lipinski definition) is 1. The number of nitrogens with one attached hydrogen (secondary N) is 1. The number of rotatable bonds is 6. The minimum atomic E-state index is 0.330. The third kappa shape index (κ3) is 3.65. The molecular formula is C16H28N4O. The molecule has 3 rings (SSSR count). The van der Waals surface area contributed by atoms with E-state index in [1.807, 2.05) is 0 Å². The van der Waals surface area contributed by atoms with Crippen LogP contribution in [0.15, 0.2) is 12.3 Å². The Kier molecular flexibility index (Phi) is 4.93. The topological polar surface area (TPSA) is 42.3 Å². The lowest BCUT2D eigenvalue weighted by Crippen LogP contribution is -2.49. The molecule has 2 fully saturated rings. The number of nitrogens with zero attached hydrogens (tertiary/aromatic N) is 3. The van der Waals surface area contributed by atoms with E-state index < -0.39 is 0 Å². The first-order valence-electron chi connectivity index (χ1n) is 8.36. The summed E-state index contributed by atoms with van der Waals surface area (Å²) in [6.45, 7) is 9.38. The van der Waals surface area contributed by atoms with E-state index in [0.29, 0.717) is 18.2 Å². The van der Waals surface area contributed by atoms with Crippen molar-refractivity contribution in [3.8, 4) is 0 Å². The Morgan fingerprint density at radius 2 is 2.43 bits per heavy atom. The van der Waals surface area contributed by atoms with Gasteiger partial charge in [0, 0.05) is 37.9 Å². The molecule has 2 aliphatic rings. The number of hydrogen-bond acceptors (Lipinski definition) is 4. The third-order valence-electron chi connectivity index (χ3n) is 4.85. The molecule has 0 aliphatic carbocycles. The Hall–Kier alpha value is -0.910. The molecular weight excluding hydrogens is 264 g/mol. The van der Waals surface area contributed by atoms with Gasteiger partial charge in [-0.15, -0.1) is 0 Å². The number of fused-ring (bicyclic) bond motifs is 1. The molecule has 0 radical (unpaired) electrons. The van der Waals surface area contributed by atoms with E-state index >= 15 is 0 Å². The molecule has 3 unspecified atom stereocenters. The lowest BCUT2D eigenvalue weighted by atomic mass is 10.2. The van der Waals surface area contributed by atoms with Gasteiger partial charge in [0.25, 0.3) is 0 Å². The fourth-order valence-corrected chi connectivity index (χ4v) is 3.27. The molecule has 3 heterocycles. The molecule has 0 bridgehead atoms. The zero-order valence-corrected chi connectivity index (χ0v) is 13.3. The Labute approximate surface area is 127 Å². The lowest BCUT2D eigenvalue weighted by Gasteiger charge is -2.35. The van der Waals surface area contributed by atoms with E-state index in [-0.39, 0.29) is 0 Å². The fourth-order valence-electron chi connectivity index (χ4n) is 3.27. The Bertz CT molecular complexity index is 447. The summed E-state index contributed by atoms with van der Waals surface area (Å²) in [7, 11) is 0. The number of ether oxygens (including phenoxy) is 1. The van der Waals surface area contributed by atoms with E-state index in [1.54, 1.807) is 0 Å². The van der Waals surface area contributed by atoms with Gasteiger partial charge in [-0.1, -0.05) is 6.92 Å². The first-order valence-corrected chi connectivity index (χ1v) is 8.36. The highest BCUT2D eigenvalue weighted by Gasteiger charge is 2.31. The SMILES string of the molecule is CCC(C)n1ccc(CNCC2CN3CCCC3CO2)n1. The molecule has 1 N–H and O–H groups in total.